The molecule has 4 nitrogen and oxygen atoms in total. The van der Waals surface area contributed by atoms with Gasteiger partial charge in [0.15, 0.2) is 0 Å². The second kappa shape index (κ2) is 25.0. The highest BCUT2D eigenvalue weighted by molar-refractivity contribution is 5.84. The highest BCUT2D eigenvalue weighted by atomic mass is 15.3. The second-order valence-electron chi connectivity index (χ2n) is 16.4. The molecule has 0 aliphatic rings. The molecule has 0 saturated heterocycles. The molecule has 0 amide bonds. The van der Waals surface area contributed by atoms with Gasteiger partial charge in [-0.2, -0.15) is 0 Å². The molecule has 3 aromatic rings. The molecule has 4 heteroatoms. The van der Waals surface area contributed by atoms with Gasteiger partial charge >= 0.3 is 0 Å². The predicted molar refractivity (Wildman–Crippen MR) is 235 cm³/mol. The van der Waals surface area contributed by atoms with Crippen molar-refractivity contribution in [3.63, 3.8) is 0 Å². The van der Waals surface area contributed by atoms with Crippen molar-refractivity contribution in [1.29, 1.82) is 0 Å². The van der Waals surface area contributed by atoms with Crippen molar-refractivity contribution in [3.8, 4) is 0 Å². The predicted octanol–water partition coefficient (Wildman–Crippen LogP) is 14.2. The monoisotopic (exact) mass is 709 g/mol. The van der Waals surface area contributed by atoms with Gasteiger partial charge in [-0.3, -0.25) is 19.0 Å². The van der Waals surface area contributed by atoms with Crippen LogP contribution in [0.15, 0.2) is 82.8 Å². The lowest BCUT2D eigenvalue weighted by molar-refractivity contribution is 0.380. The van der Waals surface area contributed by atoms with Gasteiger partial charge in [0.1, 0.15) is 11.4 Å². The number of nitrogens with zero attached hydrogens (tertiary/aromatic N) is 4. The van der Waals surface area contributed by atoms with Gasteiger partial charge in [0.2, 0.25) is 0 Å². The fraction of sp³-hybridized carbons (Fsp3) is 0.583. The highest BCUT2D eigenvalue weighted by Crippen LogP contribution is 2.24. The lowest BCUT2D eigenvalue weighted by Crippen LogP contribution is -2.41. The molecular formula is C48H76N4+2. The summed E-state index contributed by atoms with van der Waals surface area (Å²) in [6.45, 7) is 6.95. The Kier molecular flexibility index (Phi) is 20.9. The Morgan fingerprint density at radius 1 is 0.365 bits per heavy atom. The molecule has 0 atom stereocenters. The van der Waals surface area contributed by atoms with E-state index in [0.717, 1.165) is 31.5 Å². The molecule has 0 saturated carbocycles. The Morgan fingerprint density at radius 2 is 0.635 bits per heavy atom. The first-order valence-corrected chi connectivity index (χ1v) is 21.3. The van der Waals surface area contributed by atoms with E-state index in [4.69, 9.17) is 9.98 Å². The van der Waals surface area contributed by atoms with Gasteiger partial charge in [-0.05, 0) is 110 Å². The Bertz CT molecular complexity index is 1280. The van der Waals surface area contributed by atoms with E-state index in [2.05, 4.69) is 90.6 Å². The Hall–Kier alpha value is -3.08. The van der Waals surface area contributed by atoms with Crippen molar-refractivity contribution in [2.75, 3.05) is 41.3 Å². The number of quaternary nitrogens is 2. The first kappa shape index (κ1) is 43.3. The summed E-state index contributed by atoms with van der Waals surface area (Å²) in [6, 6.07) is 26.0. The first-order chi connectivity index (χ1) is 25.2. The Labute approximate surface area is 320 Å². The zero-order valence-corrected chi connectivity index (χ0v) is 34.4. The zero-order chi connectivity index (χ0) is 37.3. The standard InChI is InChI=1S/C48H76N4/c1-7-9-11-13-15-17-19-21-23-25-39-51(3,4)47-35-27-43(28-36-47)41-49-45-31-33-46(34-32-45)50-42-44-29-37-48(38-30-44)52(5,6)40-26-24-22-20-18-16-14-12-10-8-2/h27-38,41-42H,7-26,39-40H2,1-6H3/q+2. The van der Waals surface area contributed by atoms with E-state index in [0.29, 0.717) is 0 Å². The fourth-order valence-electron chi connectivity index (χ4n) is 7.10. The van der Waals surface area contributed by atoms with Gasteiger partial charge in [0, 0.05) is 12.4 Å². The Morgan fingerprint density at radius 3 is 0.923 bits per heavy atom. The van der Waals surface area contributed by atoms with Crippen molar-refractivity contribution >= 4 is 35.2 Å². The maximum atomic E-state index is 4.73. The summed E-state index contributed by atoms with van der Waals surface area (Å²) in [6.07, 6.45) is 31.6. The third kappa shape index (κ3) is 17.6. The lowest BCUT2D eigenvalue weighted by atomic mass is 10.1. The average Bonchev–Trinajstić information content (AvgIpc) is 3.15. The molecule has 0 fully saturated rings. The number of benzene rings is 3. The van der Waals surface area contributed by atoms with Crippen molar-refractivity contribution in [3.05, 3.63) is 83.9 Å². The van der Waals surface area contributed by atoms with Crippen LogP contribution in [0.5, 0.6) is 0 Å². The first-order valence-electron chi connectivity index (χ1n) is 21.3. The van der Waals surface area contributed by atoms with E-state index < -0.39 is 0 Å². The Balaban J connectivity index is 1.36. The summed E-state index contributed by atoms with van der Waals surface area (Å²) >= 11 is 0. The minimum absolute atomic E-state index is 0.928. The van der Waals surface area contributed by atoms with E-state index in [1.165, 1.54) is 153 Å². The molecule has 0 N–H and O–H groups in total. The molecule has 286 valence electrons. The third-order valence-electron chi connectivity index (χ3n) is 10.9. The lowest BCUT2D eigenvalue weighted by Gasteiger charge is -2.29. The number of aliphatic imine (C=N–C) groups is 2. The van der Waals surface area contributed by atoms with E-state index in [9.17, 15) is 0 Å². The zero-order valence-electron chi connectivity index (χ0n) is 34.4. The quantitative estimate of drug-likeness (QED) is 0.0407. The second-order valence-corrected chi connectivity index (χ2v) is 16.4. The van der Waals surface area contributed by atoms with Crippen molar-refractivity contribution < 1.29 is 0 Å². The van der Waals surface area contributed by atoms with E-state index in [-0.39, 0.29) is 0 Å². The largest absolute Gasteiger partial charge is 0.296 e. The average molecular weight is 709 g/mol. The molecule has 0 aliphatic carbocycles. The van der Waals surface area contributed by atoms with Crippen molar-refractivity contribution in [2.24, 2.45) is 9.98 Å². The van der Waals surface area contributed by atoms with E-state index >= 15 is 0 Å². The summed E-state index contributed by atoms with van der Waals surface area (Å²) in [5, 5.41) is 0. The molecule has 0 spiro atoms. The van der Waals surface area contributed by atoms with Crippen LogP contribution in [0.25, 0.3) is 0 Å². The minimum Gasteiger partial charge on any atom is -0.296 e. The van der Waals surface area contributed by atoms with Gasteiger partial charge in [-0.25, -0.2) is 0 Å². The number of hydrogen-bond acceptors (Lipinski definition) is 2. The maximum absolute atomic E-state index is 4.73. The molecule has 0 heterocycles. The van der Waals surface area contributed by atoms with Crippen molar-refractivity contribution in [2.45, 2.75) is 142 Å². The van der Waals surface area contributed by atoms with E-state index in [1.54, 1.807) is 0 Å². The molecule has 0 bridgehead atoms. The highest BCUT2D eigenvalue weighted by Gasteiger charge is 2.19. The summed E-state index contributed by atoms with van der Waals surface area (Å²) < 4.78 is 1.86. The maximum Gasteiger partial charge on any atom is 0.132 e. The molecular weight excluding hydrogens is 633 g/mol. The molecule has 3 rings (SSSR count). The van der Waals surface area contributed by atoms with Gasteiger partial charge in [-0.1, -0.05) is 117 Å². The van der Waals surface area contributed by atoms with Crippen LogP contribution in [0, 0.1) is 0 Å². The van der Waals surface area contributed by atoms with Crippen LogP contribution in [0.4, 0.5) is 22.7 Å². The summed E-state index contributed by atoms with van der Waals surface area (Å²) in [5.41, 5.74) is 6.84. The van der Waals surface area contributed by atoms with Crippen LogP contribution >= 0.6 is 0 Å². The van der Waals surface area contributed by atoms with Crippen LogP contribution in [0.3, 0.4) is 0 Å². The smallest absolute Gasteiger partial charge is 0.132 e. The number of rotatable bonds is 28. The molecule has 52 heavy (non-hydrogen) atoms. The summed E-state index contributed by atoms with van der Waals surface area (Å²) in [7, 11) is 9.32. The minimum atomic E-state index is 0.928. The van der Waals surface area contributed by atoms with Crippen LogP contribution in [0.1, 0.15) is 153 Å². The normalized spacial score (nSPS) is 12.4. The topological polar surface area (TPSA) is 24.7 Å². The molecule has 0 aromatic heterocycles. The van der Waals surface area contributed by atoms with Crippen molar-refractivity contribution in [1.82, 2.24) is 8.97 Å². The molecule has 0 unspecified atom stereocenters. The van der Waals surface area contributed by atoms with Gasteiger partial charge in [-0.15, -0.1) is 0 Å². The van der Waals surface area contributed by atoms with Crippen LogP contribution < -0.4 is 8.97 Å². The van der Waals surface area contributed by atoms with E-state index in [1.807, 2.05) is 36.7 Å². The number of hydrogen-bond donors (Lipinski definition) is 0. The number of unbranched alkanes of at least 4 members (excludes halogenated alkanes) is 18. The van der Waals surface area contributed by atoms with Gasteiger partial charge < -0.3 is 0 Å². The summed E-state index contributed by atoms with van der Waals surface area (Å²) in [5.74, 6) is 0. The molecule has 0 aliphatic heterocycles. The molecule has 3 aromatic carbocycles. The van der Waals surface area contributed by atoms with Gasteiger partial charge in [0.25, 0.3) is 0 Å². The molecule has 0 radical (unpaired) electrons. The summed E-state index contributed by atoms with van der Waals surface area (Å²) in [4.78, 5) is 9.47. The van der Waals surface area contributed by atoms with Crippen LogP contribution in [0.2, 0.25) is 0 Å². The van der Waals surface area contributed by atoms with Crippen LogP contribution in [-0.2, 0) is 0 Å². The fourth-order valence-corrected chi connectivity index (χ4v) is 7.10. The van der Waals surface area contributed by atoms with Gasteiger partial charge in [0.05, 0.1) is 52.7 Å². The van der Waals surface area contributed by atoms with Crippen LogP contribution in [-0.4, -0.2) is 53.7 Å². The SMILES string of the molecule is CCCCCCCCCCCC[N+](C)(C)c1ccc(C=Nc2ccc(N=Cc3ccc([N+](C)(C)CCCCCCCCCCCC)cc3)cc2)cc1. The third-order valence-corrected chi connectivity index (χ3v) is 10.9.